The van der Waals surface area contributed by atoms with Crippen LogP contribution in [0.1, 0.15) is 51.3 Å². The van der Waals surface area contributed by atoms with E-state index in [1.54, 1.807) is 6.92 Å². The van der Waals surface area contributed by atoms with Gasteiger partial charge in [0.1, 0.15) is 6.23 Å². The van der Waals surface area contributed by atoms with Gasteiger partial charge in [-0.3, -0.25) is 13.9 Å². The SMILES string of the molecule is CCCCOC[C@H]1O[C@@H](n2cc(C)c(=O)n(CCC)c2=O)CC1N=[N+]=[N-]. The molecule has 1 aliphatic rings. The lowest BCUT2D eigenvalue weighted by Crippen LogP contribution is -2.42. The van der Waals surface area contributed by atoms with Crippen LogP contribution in [0.25, 0.3) is 10.4 Å². The van der Waals surface area contributed by atoms with E-state index in [9.17, 15) is 9.59 Å². The van der Waals surface area contributed by atoms with Gasteiger partial charge in [0.25, 0.3) is 5.56 Å². The summed E-state index contributed by atoms with van der Waals surface area (Å²) in [6.07, 6.45) is 3.56. The fourth-order valence-electron chi connectivity index (χ4n) is 3.05. The largest absolute Gasteiger partial charge is 0.379 e. The lowest BCUT2D eigenvalue weighted by molar-refractivity contribution is -0.0461. The van der Waals surface area contributed by atoms with Crippen molar-refractivity contribution in [3.8, 4) is 0 Å². The van der Waals surface area contributed by atoms with Crippen molar-refractivity contribution in [2.24, 2.45) is 5.11 Å². The minimum absolute atomic E-state index is 0.280. The molecule has 0 amide bonds. The van der Waals surface area contributed by atoms with Crippen LogP contribution < -0.4 is 11.2 Å². The first kappa shape index (κ1) is 20.2. The van der Waals surface area contributed by atoms with Gasteiger partial charge in [0.05, 0.1) is 18.8 Å². The maximum Gasteiger partial charge on any atom is 0.333 e. The topological polar surface area (TPSA) is 111 Å². The van der Waals surface area contributed by atoms with Crippen molar-refractivity contribution in [1.29, 1.82) is 0 Å². The molecule has 2 rings (SSSR count). The van der Waals surface area contributed by atoms with Gasteiger partial charge in [0.2, 0.25) is 0 Å². The molecule has 1 aromatic heterocycles. The monoisotopic (exact) mass is 365 g/mol. The number of rotatable bonds is 9. The Labute approximate surface area is 152 Å². The summed E-state index contributed by atoms with van der Waals surface area (Å²) in [5, 5.41) is 3.80. The van der Waals surface area contributed by atoms with Gasteiger partial charge in [-0.05, 0) is 25.3 Å². The minimum atomic E-state index is -0.583. The molecule has 1 unspecified atom stereocenters. The van der Waals surface area contributed by atoms with Crippen molar-refractivity contribution < 1.29 is 9.47 Å². The molecule has 0 N–H and O–H groups in total. The van der Waals surface area contributed by atoms with Gasteiger partial charge in [-0.2, -0.15) is 0 Å². The standard InChI is InChI=1S/C17H27N5O4/c1-4-6-8-25-11-14-13(19-20-18)9-15(26-14)22-10-12(3)16(23)21(7-5-2)17(22)24/h10,13-15H,4-9,11H2,1-3H3/t13?,14-,15-/m1/s1. The molecule has 0 spiro atoms. The highest BCUT2D eigenvalue weighted by molar-refractivity contribution is 5.04. The van der Waals surface area contributed by atoms with E-state index in [-0.39, 0.29) is 5.56 Å². The number of aryl methyl sites for hydroxylation is 1. The lowest BCUT2D eigenvalue weighted by Gasteiger charge is -2.18. The van der Waals surface area contributed by atoms with Crippen LogP contribution in [0.4, 0.5) is 0 Å². The molecule has 9 nitrogen and oxygen atoms in total. The summed E-state index contributed by atoms with van der Waals surface area (Å²) in [4.78, 5) is 27.8. The van der Waals surface area contributed by atoms with Gasteiger partial charge in [0, 0.05) is 36.2 Å². The Morgan fingerprint density at radius 3 is 2.81 bits per heavy atom. The average Bonchev–Trinajstić information content (AvgIpc) is 3.02. The third-order valence-electron chi connectivity index (χ3n) is 4.45. The predicted molar refractivity (Wildman–Crippen MR) is 97.2 cm³/mol. The van der Waals surface area contributed by atoms with Crippen LogP contribution in [-0.2, 0) is 16.0 Å². The van der Waals surface area contributed by atoms with Gasteiger partial charge in [0.15, 0.2) is 0 Å². The Morgan fingerprint density at radius 1 is 1.38 bits per heavy atom. The summed E-state index contributed by atoms with van der Waals surface area (Å²) in [7, 11) is 0. The maximum absolute atomic E-state index is 12.7. The fourth-order valence-corrected chi connectivity index (χ4v) is 3.05. The molecule has 0 bridgehead atoms. The van der Waals surface area contributed by atoms with Gasteiger partial charge >= 0.3 is 5.69 Å². The highest BCUT2D eigenvalue weighted by Crippen LogP contribution is 2.30. The summed E-state index contributed by atoms with van der Waals surface area (Å²) in [6.45, 7) is 6.94. The van der Waals surface area contributed by atoms with Crippen LogP contribution >= 0.6 is 0 Å². The zero-order chi connectivity index (χ0) is 19.1. The van der Waals surface area contributed by atoms with Gasteiger partial charge in [-0.15, -0.1) is 0 Å². The first-order valence-electron chi connectivity index (χ1n) is 9.13. The molecule has 144 valence electrons. The molecule has 0 aliphatic carbocycles. The molecular weight excluding hydrogens is 338 g/mol. The molecule has 1 saturated heterocycles. The molecule has 0 saturated carbocycles. The summed E-state index contributed by atoms with van der Waals surface area (Å²) >= 11 is 0. The van der Waals surface area contributed by atoms with E-state index < -0.39 is 24.1 Å². The minimum Gasteiger partial charge on any atom is -0.379 e. The fraction of sp³-hybridized carbons (Fsp3) is 0.765. The second kappa shape index (κ2) is 9.56. The highest BCUT2D eigenvalue weighted by atomic mass is 16.6. The van der Waals surface area contributed by atoms with Crippen LogP contribution in [0, 0.1) is 6.92 Å². The second-order valence-corrected chi connectivity index (χ2v) is 6.52. The molecule has 9 heteroatoms. The van der Waals surface area contributed by atoms with Crippen molar-refractivity contribution in [3.05, 3.63) is 43.0 Å². The predicted octanol–water partition coefficient (Wildman–Crippen LogP) is 2.51. The van der Waals surface area contributed by atoms with E-state index in [0.717, 1.165) is 12.8 Å². The van der Waals surface area contributed by atoms with Crippen molar-refractivity contribution in [3.63, 3.8) is 0 Å². The molecule has 3 atom stereocenters. The Bertz CT molecular complexity index is 765. The third-order valence-corrected chi connectivity index (χ3v) is 4.45. The molecule has 0 aromatic carbocycles. The van der Waals surface area contributed by atoms with Crippen LogP contribution in [-0.4, -0.2) is 34.5 Å². The maximum atomic E-state index is 12.7. The first-order valence-corrected chi connectivity index (χ1v) is 9.13. The summed E-state index contributed by atoms with van der Waals surface area (Å²) in [6, 6.07) is -0.412. The number of hydrogen-bond donors (Lipinski definition) is 0. The molecule has 1 aliphatic heterocycles. The Hall–Kier alpha value is -2.09. The lowest BCUT2D eigenvalue weighted by atomic mass is 10.1. The van der Waals surface area contributed by atoms with Gasteiger partial charge in [-0.25, -0.2) is 4.79 Å². The first-order chi connectivity index (χ1) is 12.5. The van der Waals surface area contributed by atoms with Gasteiger partial charge < -0.3 is 9.47 Å². The molecule has 1 fully saturated rings. The Morgan fingerprint density at radius 2 is 2.15 bits per heavy atom. The molecule has 0 radical (unpaired) electrons. The Balaban J connectivity index is 2.25. The summed E-state index contributed by atoms with van der Waals surface area (Å²) in [5.74, 6) is 0. The van der Waals surface area contributed by atoms with Crippen LogP contribution in [0.2, 0.25) is 0 Å². The van der Waals surface area contributed by atoms with Crippen LogP contribution in [0.5, 0.6) is 0 Å². The van der Waals surface area contributed by atoms with E-state index >= 15 is 0 Å². The molecule has 26 heavy (non-hydrogen) atoms. The highest BCUT2D eigenvalue weighted by Gasteiger charge is 2.36. The van der Waals surface area contributed by atoms with E-state index in [0.29, 0.717) is 38.2 Å². The van der Waals surface area contributed by atoms with Crippen molar-refractivity contribution in [2.75, 3.05) is 13.2 Å². The number of hydrogen-bond acceptors (Lipinski definition) is 5. The summed E-state index contributed by atoms with van der Waals surface area (Å²) < 4.78 is 14.2. The van der Waals surface area contributed by atoms with Gasteiger partial charge in [-0.1, -0.05) is 25.4 Å². The number of nitrogens with zero attached hydrogens (tertiary/aromatic N) is 5. The van der Waals surface area contributed by atoms with Crippen molar-refractivity contribution in [2.45, 2.75) is 71.4 Å². The molecular formula is C17H27N5O4. The average molecular weight is 365 g/mol. The second-order valence-electron chi connectivity index (χ2n) is 6.52. The van der Waals surface area contributed by atoms with E-state index in [1.165, 1.54) is 15.3 Å². The zero-order valence-electron chi connectivity index (χ0n) is 15.6. The van der Waals surface area contributed by atoms with Crippen molar-refractivity contribution >= 4 is 0 Å². The summed E-state index contributed by atoms with van der Waals surface area (Å²) in [5.41, 5.74) is 8.60. The van der Waals surface area contributed by atoms with E-state index in [2.05, 4.69) is 16.9 Å². The molecule has 2 heterocycles. The normalized spacial score (nSPS) is 22.3. The van der Waals surface area contributed by atoms with E-state index in [4.69, 9.17) is 15.0 Å². The third kappa shape index (κ3) is 4.55. The van der Waals surface area contributed by atoms with Crippen molar-refractivity contribution in [1.82, 2.24) is 9.13 Å². The van der Waals surface area contributed by atoms with Crippen LogP contribution in [0.15, 0.2) is 20.9 Å². The molecule has 1 aromatic rings. The number of ether oxygens (including phenoxy) is 2. The van der Waals surface area contributed by atoms with Crippen LogP contribution in [0.3, 0.4) is 0 Å². The number of azide groups is 1. The quantitative estimate of drug-likeness (QED) is 0.290. The number of unbranched alkanes of at least 4 members (excludes halogenated alkanes) is 1. The van der Waals surface area contributed by atoms with E-state index in [1.807, 2.05) is 6.92 Å². The zero-order valence-corrected chi connectivity index (χ0v) is 15.6. The number of aromatic nitrogens is 2. The Kier molecular flexibility index (Phi) is 7.44. The smallest absolute Gasteiger partial charge is 0.333 e.